The first kappa shape index (κ1) is 20.7. The molecule has 0 unspecified atom stereocenters. The molecule has 0 spiro atoms. The molecular weight excluding hydrogens is 430 g/mol. The maximum Gasteiger partial charge on any atom is 0.416 e. The number of hydrogen-bond donors (Lipinski definition) is 3. The maximum atomic E-state index is 12.5. The molecule has 0 saturated carbocycles. The summed E-state index contributed by atoms with van der Waals surface area (Å²) in [5, 5.41) is 22.5. The van der Waals surface area contributed by atoms with Gasteiger partial charge in [0.05, 0.1) is 11.9 Å². The van der Waals surface area contributed by atoms with Crippen LogP contribution in [0.3, 0.4) is 0 Å². The second-order valence-electron chi connectivity index (χ2n) is 8.07. The Balaban J connectivity index is 1.20. The molecule has 10 heteroatoms. The zero-order valence-corrected chi connectivity index (χ0v) is 18.3. The third kappa shape index (κ3) is 4.02. The fourth-order valence-corrected chi connectivity index (χ4v) is 5.38. The summed E-state index contributed by atoms with van der Waals surface area (Å²) in [6.45, 7) is 1.23. The molecule has 9 nitrogen and oxygen atoms in total. The van der Waals surface area contributed by atoms with Crippen LogP contribution < -0.4 is 4.74 Å². The van der Waals surface area contributed by atoms with Crippen molar-refractivity contribution in [2.45, 2.75) is 48.9 Å². The van der Waals surface area contributed by atoms with Gasteiger partial charge in [0, 0.05) is 47.9 Å². The van der Waals surface area contributed by atoms with Gasteiger partial charge in [-0.25, -0.2) is 19.3 Å². The van der Waals surface area contributed by atoms with E-state index >= 15 is 0 Å². The number of H-pyrrole nitrogens is 1. The summed E-state index contributed by atoms with van der Waals surface area (Å²) in [5.74, 6) is 0.291. The first-order valence-electron chi connectivity index (χ1n) is 10.8. The maximum absolute atomic E-state index is 12.5. The van der Waals surface area contributed by atoms with Gasteiger partial charge in [-0.3, -0.25) is 0 Å². The highest BCUT2D eigenvalue weighted by atomic mass is 32.2. The lowest BCUT2D eigenvalue weighted by atomic mass is 9.95. The van der Waals surface area contributed by atoms with Crippen LogP contribution in [0.2, 0.25) is 0 Å². The lowest BCUT2D eigenvalue weighted by Crippen LogP contribution is -2.41. The van der Waals surface area contributed by atoms with Gasteiger partial charge in [-0.1, -0.05) is 11.8 Å². The number of carbonyl (C=O) groups excluding carboxylic acids is 1. The SMILES string of the molecule is O=C(Oc1ccc(-n2c(O)c3c(c2O)CCCC3)cn1)N1CCC(Sc2ncc[nH]2)CC1. The molecule has 1 fully saturated rings. The van der Waals surface area contributed by atoms with Crippen molar-refractivity contribution in [3.63, 3.8) is 0 Å². The van der Waals surface area contributed by atoms with Crippen LogP contribution in [0.15, 0.2) is 35.9 Å². The van der Waals surface area contributed by atoms with E-state index in [1.165, 1.54) is 10.8 Å². The number of likely N-dealkylation sites (tertiary alicyclic amines) is 1. The van der Waals surface area contributed by atoms with Crippen LogP contribution in [-0.4, -0.2) is 59.1 Å². The van der Waals surface area contributed by atoms with Crippen LogP contribution in [0.4, 0.5) is 4.79 Å². The number of ether oxygens (including phenoxy) is 1. The van der Waals surface area contributed by atoms with Crippen LogP contribution in [0.25, 0.3) is 5.69 Å². The predicted molar refractivity (Wildman–Crippen MR) is 119 cm³/mol. The normalized spacial score (nSPS) is 16.7. The molecule has 168 valence electrons. The van der Waals surface area contributed by atoms with Crippen molar-refractivity contribution in [2.75, 3.05) is 13.1 Å². The minimum absolute atomic E-state index is 0.0547. The summed E-state index contributed by atoms with van der Waals surface area (Å²) < 4.78 is 6.84. The molecule has 1 saturated heterocycles. The van der Waals surface area contributed by atoms with Crippen molar-refractivity contribution in [2.24, 2.45) is 0 Å². The Morgan fingerprint density at radius 3 is 2.41 bits per heavy atom. The predicted octanol–water partition coefficient (Wildman–Crippen LogP) is 3.64. The molecular formula is C22H25N5O4S. The van der Waals surface area contributed by atoms with Gasteiger partial charge in [0.25, 0.3) is 0 Å². The molecule has 1 aliphatic heterocycles. The van der Waals surface area contributed by atoms with Gasteiger partial charge >= 0.3 is 6.09 Å². The van der Waals surface area contributed by atoms with Crippen molar-refractivity contribution >= 4 is 17.9 Å². The van der Waals surface area contributed by atoms with E-state index < -0.39 is 6.09 Å². The van der Waals surface area contributed by atoms with Crippen LogP contribution in [0, 0.1) is 0 Å². The van der Waals surface area contributed by atoms with Crippen LogP contribution >= 0.6 is 11.8 Å². The largest absolute Gasteiger partial charge is 0.494 e. The summed E-state index contributed by atoms with van der Waals surface area (Å²) in [6.07, 6.45) is 9.83. The molecule has 1 amide bonds. The van der Waals surface area contributed by atoms with Gasteiger partial charge in [0.1, 0.15) is 0 Å². The summed E-state index contributed by atoms with van der Waals surface area (Å²) in [4.78, 5) is 25.8. The van der Waals surface area contributed by atoms with Crippen LogP contribution in [-0.2, 0) is 12.8 Å². The molecule has 2 aliphatic rings. The molecule has 3 N–H and O–H groups in total. The van der Waals surface area contributed by atoms with Gasteiger partial charge in [0.2, 0.25) is 17.6 Å². The lowest BCUT2D eigenvalue weighted by molar-refractivity contribution is 0.142. The molecule has 0 aromatic carbocycles. The average Bonchev–Trinajstić information content (AvgIpc) is 3.42. The highest BCUT2D eigenvalue weighted by Gasteiger charge is 2.27. The van der Waals surface area contributed by atoms with Gasteiger partial charge in [0.15, 0.2) is 5.16 Å². The van der Waals surface area contributed by atoms with E-state index in [0.717, 1.165) is 54.8 Å². The number of nitrogens with one attached hydrogen (secondary N) is 1. The first-order valence-corrected chi connectivity index (χ1v) is 11.7. The summed E-state index contributed by atoms with van der Waals surface area (Å²) in [7, 11) is 0. The molecule has 4 heterocycles. The van der Waals surface area contributed by atoms with Gasteiger partial charge in [-0.2, -0.15) is 0 Å². The zero-order chi connectivity index (χ0) is 22.1. The molecule has 0 radical (unpaired) electrons. The fourth-order valence-electron chi connectivity index (χ4n) is 4.36. The van der Waals surface area contributed by atoms with E-state index in [9.17, 15) is 15.0 Å². The third-order valence-electron chi connectivity index (χ3n) is 6.05. The molecule has 32 heavy (non-hydrogen) atoms. The van der Waals surface area contributed by atoms with E-state index in [-0.39, 0.29) is 17.6 Å². The van der Waals surface area contributed by atoms with Crippen molar-refractivity contribution in [1.82, 2.24) is 24.4 Å². The van der Waals surface area contributed by atoms with E-state index in [0.29, 0.717) is 24.0 Å². The van der Waals surface area contributed by atoms with Gasteiger partial charge in [-0.15, -0.1) is 0 Å². The minimum atomic E-state index is -0.422. The zero-order valence-electron chi connectivity index (χ0n) is 17.5. The standard InChI is InChI=1S/C22H25N5O4S/c28-19-16-3-1-2-4-17(16)20(29)27(19)14-5-6-18(25-13-14)31-22(30)26-11-7-15(8-12-26)32-21-23-9-10-24-21/h5-6,9-10,13,15,28-29H,1-4,7-8,11-12H2,(H,23,24). The Morgan fingerprint density at radius 1 is 1.09 bits per heavy atom. The summed E-state index contributed by atoms with van der Waals surface area (Å²) >= 11 is 1.70. The number of hydrogen-bond acceptors (Lipinski definition) is 7. The highest BCUT2D eigenvalue weighted by Crippen LogP contribution is 2.40. The molecule has 5 rings (SSSR count). The Hall–Kier alpha value is -3.14. The number of aromatic amines is 1. The first-order chi connectivity index (χ1) is 15.6. The van der Waals surface area contributed by atoms with Crippen molar-refractivity contribution in [1.29, 1.82) is 0 Å². The van der Waals surface area contributed by atoms with Crippen LogP contribution in [0.5, 0.6) is 17.6 Å². The number of pyridine rings is 1. The number of imidazole rings is 1. The number of carbonyl (C=O) groups is 1. The Labute approximate surface area is 189 Å². The Bertz CT molecular complexity index is 1060. The number of thioether (sulfide) groups is 1. The number of piperidine rings is 1. The van der Waals surface area contributed by atoms with Crippen molar-refractivity contribution < 1.29 is 19.7 Å². The average molecular weight is 456 g/mol. The lowest BCUT2D eigenvalue weighted by Gasteiger charge is -2.30. The molecule has 1 aliphatic carbocycles. The summed E-state index contributed by atoms with van der Waals surface area (Å²) in [6, 6.07) is 3.25. The molecule has 0 bridgehead atoms. The smallest absolute Gasteiger partial charge is 0.416 e. The quantitative estimate of drug-likeness (QED) is 0.550. The number of amides is 1. The van der Waals surface area contributed by atoms with E-state index in [1.54, 1.807) is 41.2 Å². The van der Waals surface area contributed by atoms with E-state index in [1.807, 2.05) is 0 Å². The highest BCUT2D eigenvalue weighted by molar-refractivity contribution is 7.99. The fraction of sp³-hybridized carbons (Fsp3) is 0.409. The topological polar surface area (TPSA) is 116 Å². The minimum Gasteiger partial charge on any atom is -0.494 e. The molecule has 3 aromatic heterocycles. The monoisotopic (exact) mass is 455 g/mol. The third-order valence-corrected chi connectivity index (χ3v) is 7.30. The number of aromatic nitrogens is 4. The number of fused-ring (bicyclic) bond motifs is 1. The molecule has 3 aromatic rings. The second kappa shape index (κ2) is 8.78. The van der Waals surface area contributed by atoms with Crippen molar-refractivity contribution in [3.8, 4) is 23.3 Å². The number of rotatable bonds is 4. The summed E-state index contributed by atoms with van der Waals surface area (Å²) in [5.41, 5.74) is 2.13. The van der Waals surface area contributed by atoms with Gasteiger partial charge < -0.3 is 24.8 Å². The van der Waals surface area contributed by atoms with Crippen molar-refractivity contribution in [3.05, 3.63) is 41.9 Å². The number of aromatic hydroxyl groups is 2. The number of nitrogens with zero attached hydrogens (tertiary/aromatic N) is 4. The van der Waals surface area contributed by atoms with E-state index in [2.05, 4.69) is 15.0 Å². The van der Waals surface area contributed by atoms with E-state index in [4.69, 9.17) is 4.74 Å². The van der Waals surface area contributed by atoms with Crippen LogP contribution in [0.1, 0.15) is 36.8 Å². The van der Waals surface area contributed by atoms with Gasteiger partial charge in [-0.05, 0) is 44.6 Å². The Morgan fingerprint density at radius 2 is 1.81 bits per heavy atom. The second-order valence-corrected chi connectivity index (χ2v) is 9.36. The molecule has 0 atom stereocenters. The Kier molecular flexibility index (Phi) is 5.69.